The molecule has 0 bridgehead atoms. The van der Waals surface area contributed by atoms with E-state index in [-0.39, 0.29) is 18.5 Å². The maximum atomic E-state index is 6.28. The molecule has 1 fully saturated rings. The molecule has 31 heavy (non-hydrogen) atoms. The van der Waals surface area contributed by atoms with Gasteiger partial charge in [0.25, 0.3) is 0 Å². The van der Waals surface area contributed by atoms with E-state index in [9.17, 15) is 0 Å². The van der Waals surface area contributed by atoms with Gasteiger partial charge in [-0.2, -0.15) is 0 Å². The predicted octanol–water partition coefficient (Wildman–Crippen LogP) is 5.53. The Balaban J connectivity index is 0.00000231. The number of nitrogens with one attached hydrogen (secondary N) is 1. The molecule has 3 aromatic rings. The van der Waals surface area contributed by atoms with Gasteiger partial charge in [-0.15, -0.1) is 12.4 Å². The minimum absolute atomic E-state index is 0. The summed E-state index contributed by atoms with van der Waals surface area (Å²) >= 11 is 0. The van der Waals surface area contributed by atoms with Crippen molar-refractivity contribution < 1.29 is 9.47 Å². The number of benzene rings is 3. The first-order valence-electron chi connectivity index (χ1n) is 10.9. The van der Waals surface area contributed by atoms with Crippen LogP contribution in [-0.2, 0) is 4.74 Å². The van der Waals surface area contributed by atoms with Gasteiger partial charge in [-0.3, -0.25) is 4.99 Å². The molecule has 1 unspecified atom stereocenters. The van der Waals surface area contributed by atoms with Gasteiger partial charge in [0.15, 0.2) is 0 Å². The molecular weight excluding hydrogens is 408 g/mol. The van der Waals surface area contributed by atoms with Crippen molar-refractivity contribution in [3.05, 3.63) is 65.7 Å². The second-order valence-electron chi connectivity index (χ2n) is 8.23. The molecule has 2 aliphatic heterocycles. The topological polar surface area (TPSA) is 42.9 Å². The summed E-state index contributed by atoms with van der Waals surface area (Å²) in [5, 5.41) is 5.78. The molecule has 0 saturated carbocycles. The second kappa shape index (κ2) is 9.71. The Bertz CT molecular complexity index is 1070. The Morgan fingerprint density at radius 2 is 1.84 bits per heavy atom. The zero-order chi connectivity index (χ0) is 20.3. The van der Waals surface area contributed by atoms with Crippen molar-refractivity contribution in [1.29, 1.82) is 0 Å². The second-order valence-corrected chi connectivity index (χ2v) is 8.23. The minimum atomic E-state index is 0. The van der Waals surface area contributed by atoms with Gasteiger partial charge in [0, 0.05) is 13.2 Å². The molecule has 0 amide bonds. The van der Waals surface area contributed by atoms with E-state index in [2.05, 4.69) is 71.8 Å². The predicted molar refractivity (Wildman–Crippen MR) is 130 cm³/mol. The van der Waals surface area contributed by atoms with Gasteiger partial charge in [-0.1, -0.05) is 42.0 Å². The average Bonchev–Trinajstić information content (AvgIpc) is 3.33. The van der Waals surface area contributed by atoms with Crippen LogP contribution in [0.5, 0.6) is 5.75 Å². The molecular formula is C26H29ClN2O2. The molecule has 0 radical (unpaired) electrons. The molecule has 1 saturated heterocycles. The standard InChI is InChI=1S/C26H28N2O2.ClH/c1-18-5-7-19(8-6-18)20-9-10-21-16-25(30-17-23-4-2-3-13-29-23)24(15-22(21)14-20)26-27-11-12-28-26;/h5-10,14-16,23H,2-4,11-13,17H2,1H3,(H,27,28);1H. The van der Waals surface area contributed by atoms with E-state index in [1.54, 1.807) is 0 Å². The number of halogens is 1. The number of aryl methyl sites for hydroxylation is 1. The van der Waals surface area contributed by atoms with E-state index in [0.717, 1.165) is 49.7 Å². The van der Waals surface area contributed by atoms with E-state index in [4.69, 9.17) is 9.47 Å². The van der Waals surface area contributed by atoms with Crippen LogP contribution in [-0.4, -0.2) is 38.2 Å². The van der Waals surface area contributed by atoms with Crippen LogP contribution in [0.3, 0.4) is 0 Å². The fourth-order valence-electron chi connectivity index (χ4n) is 4.21. The Labute approximate surface area is 190 Å². The maximum Gasteiger partial charge on any atom is 0.132 e. The summed E-state index contributed by atoms with van der Waals surface area (Å²) in [6, 6.07) is 19.7. The van der Waals surface area contributed by atoms with Gasteiger partial charge < -0.3 is 14.8 Å². The summed E-state index contributed by atoms with van der Waals surface area (Å²) in [7, 11) is 0. The Morgan fingerprint density at radius 3 is 2.58 bits per heavy atom. The third-order valence-electron chi connectivity index (χ3n) is 5.95. The average molecular weight is 437 g/mol. The lowest BCUT2D eigenvalue weighted by Gasteiger charge is -2.23. The van der Waals surface area contributed by atoms with Crippen LogP contribution in [0.2, 0.25) is 0 Å². The first kappa shape index (κ1) is 21.7. The molecule has 0 aliphatic carbocycles. The molecule has 0 spiro atoms. The lowest BCUT2D eigenvalue weighted by Crippen LogP contribution is -2.27. The number of aliphatic imine (C=N–C) groups is 1. The molecule has 2 aliphatic rings. The Hall–Kier alpha value is -2.56. The Morgan fingerprint density at radius 1 is 1.00 bits per heavy atom. The summed E-state index contributed by atoms with van der Waals surface area (Å²) in [6.45, 7) is 5.23. The summed E-state index contributed by atoms with van der Waals surface area (Å²) in [5.41, 5.74) is 4.77. The first-order chi connectivity index (χ1) is 14.8. The zero-order valence-corrected chi connectivity index (χ0v) is 18.7. The van der Waals surface area contributed by atoms with Crippen molar-refractivity contribution in [3.63, 3.8) is 0 Å². The Kier molecular flexibility index (Phi) is 6.79. The van der Waals surface area contributed by atoms with Crippen LogP contribution < -0.4 is 10.1 Å². The number of amidine groups is 1. The summed E-state index contributed by atoms with van der Waals surface area (Å²) < 4.78 is 12.1. The van der Waals surface area contributed by atoms with Crippen LogP contribution in [0.15, 0.2) is 59.6 Å². The fourth-order valence-corrected chi connectivity index (χ4v) is 4.21. The highest BCUT2D eigenvalue weighted by molar-refractivity contribution is 6.06. The summed E-state index contributed by atoms with van der Waals surface area (Å²) in [4.78, 5) is 4.65. The summed E-state index contributed by atoms with van der Waals surface area (Å²) in [5.74, 6) is 1.81. The van der Waals surface area contributed by atoms with Crippen molar-refractivity contribution in [1.82, 2.24) is 5.32 Å². The molecule has 162 valence electrons. The van der Waals surface area contributed by atoms with E-state index in [1.165, 1.54) is 33.9 Å². The van der Waals surface area contributed by atoms with Gasteiger partial charge in [-0.05, 0) is 66.3 Å². The van der Waals surface area contributed by atoms with E-state index in [1.807, 2.05) is 0 Å². The van der Waals surface area contributed by atoms with Gasteiger partial charge >= 0.3 is 0 Å². The van der Waals surface area contributed by atoms with E-state index in [0.29, 0.717) is 6.61 Å². The smallest absolute Gasteiger partial charge is 0.132 e. The molecule has 1 atom stereocenters. The first-order valence-corrected chi connectivity index (χ1v) is 10.9. The van der Waals surface area contributed by atoms with Crippen molar-refractivity contribution in [2.24, 2.45) is 4.99 Å². The van der Waals surface area contributed by atoms with Crippen molar-refractivity contribution in [2.75, 3.05) is 26.3 Å². The lowest BCUT2D eigenvalue weighted by atomic mass is 9.98. The van der Waals surface area contributed by atoms with Crippen LogP contribution in [0.4, 0.5) is 0 Å². The van der Waals surface area contributed by atoms with E-state index >= 15 is 0 Å². The highest BCUT2D eigenvalue weighted by Gasteiger charge is 2.19. The van der Waals surface area contributed by atoms with Gasteiger partial charge in [-0.25, -0.2) is 0 Å². The SMILES string of the molecule is Cc1ccc(-c2ccc3cc(OCC4CCCCO4)c(C4=NCCN4)cc3c2)cc1.Cl. The number of ether oxygens (including phenoxy) is 2. The van der Waals surface area contributed by atoms with Gasteiger partial charge in [0.1, 0.15) is 18.2 Å². The minimum Gasteiger partial charge on any atom is -0.490 e. The molecule has 2 heterocycles. The van der Waals surface area contributed by atoms with E-state index < -0.39 is 0 Å². The monoisotopic (exact) mass is 436 g/mol. The van der Waals surface area contributed by atoms with Crippen LogP contribution in [0.1, 0.15) is 30.4 Å². The molecule has 5 heteroatoms. The largest absolute Gasteiger partial charge is 0.490 e. The number of rotatable bonds is 5. The third-order valence-corrected chi connectivity index (χ3v) is 5.95. The van der Waals surface area contributed by atoms with Crippen LogP contribution in [0, 0.1) is 6.92 Å². The van der Waals surface area contributed by atoms with Crippen molar-refractivity contribution >= 4 is 29.0 Å². The lowest BCUT2D eigenvalue weighted by molar-refractivity contribution is -0.0110. The number of nitrogens with zero attached hydrogens (tertiary/aromatic N) is 1. The third kappa shape index (κ3) is 4.86. The molecule has 0 aromatic heterocycles. The number of hydrogen-bond acceptors (Lipinski definition) is 4. The molecule has 3 aromatic carbocycles. The highest BCUT2D eigenvalue weighted by atomic mass is 35.5. The quantitative estimate of drug-likeness (QED) is 0.571. The van der Waals surface area contributed by atoms with Crippen molar-refractivity contribution in [3.8, 4) is 16.9 Å². The normalized spacial score (nSPS) is 18.2. The van der Waals surface area contributed by atoms with Crippen LogP contribution >= 0.6 is 12.4 Å². The maximum absolute atomic E-state index is 6.28. The number of hydrogen-bond donors (Lipinski definition) is 1. The zero-order valence-electron chi connectivity index (χ0n) is 17.9. The van der Waals surface area contributed by atoms with Gasteiger partial charge in [0.2, 0.25) is 0 Å². The van der Waals surface area contributed by atoms with Crippen LogP contribution in [0.25, 0.3) is 21.9 Å². The summed E-state index contributed by atoms with van der Waals surface area (Å²) in [6.07, 6.45) is 3.63. The van der Waals surface area contributed by atoms with Gasteiger partial charge in [0.05, 0.1) is 18.2 Å². The number of fused-ring (bicyclic) bond motifs is 1. The highest BCUT2D eigenvalue weighted by Crippen LogP contribution is 2.31. The molecule has 1 N–H and O–H groups in total. The fraction of sp³-hybridized carbons (Fsp3) is 0.346. The van der Waals surface area contributed by atoms with Crippen molar-refractivity contribution in [2.45, 2.75) is 32.3 Å². The molecule has 4 nitrogen and oxygen atoms in total. The molecule has 5 rings (SSSR count).